The van der Waals surface area contributed by atoms with Crippen molar-refractivity contribution in [2.75, 3.05) is 0 Å². The van der Waals surface area contributed by atoms with Crippen LogP contribution in [0.5, 0.6) is 0 Å². The molecule has 0 aromatic carbocycles. The summed E-state index contributed by atoms with van der Waals surface area (Å²) in [7, 11) is 0. The normalized spacial score (nSPS) is 34.1. The average Bonchev–Trinajstić information content (AvgIpc) is 3.21. The molecule has 1 aliphatic rings. The van der Waals surface area contributed by atoms with Gasteiger partial charge in [-0.3, -0.25) is 9.59 Å². The number of aliphatic hydroxyl groups is 2. The van der Waals surface area contributed by atoms with Crippen LogP contribution >= 0.6 is 11.3 Å². The van der Waals surface area contributed by atoms with Crippen molar-refractivity contribution >= 4 is 29.2 Å². The zero-order chi connectivity index (χ0) is 26.1. The number of cyclic esters (lactones) is 1. The maximum Gasteiger partial charge on any atom is 0.309 e. The van der Waals surface area contributed by atoms with Crippen molar-refractivity contribution in [2.45, 2.75) is 98.4 Å². The van der Waals surface area contributed by atoms with Crippen LogP contribution in [0.4, 0.5) is 0 Å². The Kier molecular flexibility index (Phi) is 11.8. The number of thiazole rings is 1. The molecule has 0 saturated carbocycles. The minimum absolute atomic E-state index is 0.0234. The fourth-order valence-electron chi connectivity index (χ4n) is 4.73. The van der Waals surface area contributed by atoms with Crippen molar-refractivity contribution in [2.24, 2.45) is 23.7 Å². The molecule has 2 rings (SSSR count). The SMILES string of the molecule is C/C(=C\c1csc(C)n1)[C@@H]1C/C=C\CCCC(C)C[C@H](C)[C@H](O)[C@@H](C)C(=O)[C@@H](C)[C@@H](O)CC(=O)O1. The molecule has 0 amide bonds. The van der Waals surface area contributed by atoms with E-state index in [1.165, 1.54) is 0 Å². The van der Waals surface area contributed by atoms with Gasteiger partial charge in [-0.1, -0.05) is 46.3 Å². The second-order valence-electron chi connectivity index (χ2n) is 10.4. The number of aryl methyl sites for hydroxylation is 1. The molecule has 2 N–H and O–H groups in total. The predicted octanol–water partition coefficient (Wildman–Crippen LogP) is 5.51. The maximum atomic E-state index is 13.0. The van der Waals surface area contributed by atoms with E-state index in [1.807, 2.05) is 38.3 Å². The van der Waals surface area contributed by atoms with Crippen LogP contribution in [0.3, 0.4) is 0 Å². The molecule has 1 aliphatic heterocycles. The smallest absolute Gasteiger partial charge is 0.309 e. The first kappa shape index (κ1) is 29.4. The molecular weight excluding hydrogens is 462 g/mol. The summed E-state index contributed by atoms with van der Waals surface area (Å²) in [6.45, 7) is 11.4. The summed E-state index contributed by atoms with van der Waals surface area (Å²) in [5, 5.41) is 24.4. The van der Waals surface area contributed by atoms with Gasteiger partial charge in [0.15, 0.2) is 0 Å². The lowest BCUT2D eigenvalue weighted by molar-refractivity contribution is -0.151. The third kappa shape index (κ3) is 9.28. The molecule has 0 saturated heterocycles. The molecule has 0 spiro atoms. The van der Waals surface area contributed by atoms with Gasteiger partial charge in [0.05, 0.1) is 29.3 Å². The van der Waals surface area contributed by atoms with Crippen LogP contribution in [0.2, 0.25) is 0 Å². The van der Waals surface area contributed by atoms with Gasteiger partial charge in [-0.15, -0.1) is 11.3 Å². The number of rotatable bonds is 2. The molecule has 0 radical (unpaired) electrons. The summed E-state index contributed by atoms with van der Waals surface area (Å²) in [5.41, 5.74) is 1.71. The molecule has 1 unspecified atom stereocenters. The Morgan fingerprint density at radius 2 is 1.86 bits per heavy atom. The highest BCUT2D eigenvalue weighted by molar-refractivity contribution is 7.09. The number of hydrogen-bond donors (Lipinski definition) is 2. The molecule has 6 nitrogen and oxygen atoms in total. The van der Waals surface area contributed by atoms with Gasteiger partial charge in [0.1, 0.15) is 11.9 Å². The summed E-state index contributed by atoms with van der Waals surface area (Å²) in [6, 6.07) is 0. The lowest BCUT2D eigenvalue weighted by Crippen LogP contribution is -2.39. The first-order chi connectivity index (χ1) is 16.5. The van der Waals surface area contributed by atoms with E-state index >= 15 is 0 Å². The first-order valence-electron chi connectivity index (χ1n) is 12.8. The van der Waals surface area contributed by atoms with Gasteiger partial charge in [-0.2, -0.15) is 0 Å². The van der Waals surface area contributed by atoms with Gasteiger partial charge >= 0.3 is 5.97 Å². The minimum atomic E-state index is -1.17. The zero-order valence-electron chi connectivity index (χ0n) is 22.1. The third-order valence-corrected chi connectivity index (χ3v) is 7.89. The number of carbonyl (C=O) groups is 2. The highest BCUT2D eigenvalue weighted by Gasteiger charge is 2.34. The van der Waals surface area contributed by atoms with Gasteiger partial charge in [-0.25, -0.2) is 4.98 Å². The number of ketones is 1. The van der Waals surface area contributed by atoms with Gasteiger partial charge in [0.25, 0.3) is 0 Å². The van der Waals surface area contributed by atoms with Crippen molar-refractivity contribution in [1.82, 2.24) is 4.98 Å². The van der Waals surface area contributed by atoms with Gasteiger partial charge in [-0.05, 0) is 56.6 Å². The lowest BCUT2D eigenvalue weighted by Gasteiger charge is -2.29. The summed E-state index contributed by atoms with van der Waals surface area (Å²) in [4.78, 5) is 30.2. The molecule has 1 aromatic heterocycles. The minimum Gasteiger partial charge on any atom is -0.457 e. The summed E-state index contributed by atoms with van der Waals surface area (Å²) in [5.74, 6) is -1.74. The second-order valence-corrected chi connectivity index (χ2v) is 11.4. The lowest BCUT2D eigenvalue weighted by atomic mass is 9.80. The van der Waals surface area contributed by atoms with Crippen LogP contribution in [-0.2, 0) is 14.3 Å². The Morgan fingerprint density at radius 1 is 1.14 bits per heavy atom. The largest absolute Gasteiger partial charge is 0.457 e. The van der Waals surface area contributed by atoms with E-state index in [0.29, 0.717) is 12.3 Å². The number of hydrogen-bond acceptors (Lipinski definition) is 7. The Morgan fingerprint density at radius 3 is 2.51 bits per heavy atom. The predicted molar refractivity (Wildman–Crippen MR) is 141 cm³/mol. The van der Waals surface area contributed by atoms with E-state index in [1.54, 1.807) is 25.2 Å². The molecule has 196 valence electrons. The Labute approximate surface area is 214 Å². The molecule has 1 aromatic rings. The van der Waals surface area contributed by atoms with Crippen molar-refractivity contribution in [3.63, 3.8) is 0 Å². The van der Waals surface area contributed by atoms with E-state index in [0.717, 1.165) is 42.0 Å². The maximum absolute atomic E-state index is 13.0. The van der Waals surface area contributed by atoms with E-state index in [2.05, 4.69) is 18.0 Å². The molecule has 0 aliphatic carbocycles. The first-order valence-corrected chi connectivity index (χ1v) is 13.7. The number of aliphatic hydroxyl groups excluding tert-OH is 2. The second kappa shape index (κ2) is 14.0. The molecule has 2 heterocycles. The van der Waals surface area contributed by atoms with Crippen LogP contribution in [-0.4, -0.2) is 45.3 Å². The number of Topliss-reactive ketones (excluding diaryl/α,β-unsaturated/α-hetero) is 1. The van der Waals surface area contributed by atoms with Crippen molar-refractivity contribution < 1.29 is 24.5 Å². The standard InChI is InChI=1S/C28H43NO5S/c1-17-11-9-7-8-10-12-25(18(2)14-23-16-35-22(6)29-23)34-26(31)15-24(30)20(4)28(33)21(5)27(32)19(3)13-17/h8,10,14,16-17,19-21,24-25,27,30,32H,7,9,11-13,15H2,1-6H3/b10-8-,18-14+/t17?,19-,20-,21+,24-,25-,27-/m0/s1. The average molecular weight is 506 g/mol. The molecule has 0 bridgehead atoms. The van der Waals surface area contributed by atoms with Crippen molar-refractivity contribution in [3.8, 4) is 0 Å². The van der Waals surface area contributed by atoms with Gasteiger partial charge in [0.2, 0.25) is 0 Å². The molecule has 7 atom stereocenters. The van der Waals surface area contributed by atoms with E-state index in [9.17, 15) is 19.8 Å². The summed E-state index contributed by atoms with van der Waals surface area (Å²) in [6.07, 6.45) is 7.80. The number of carbonyl (C=O) groups excluding carboxylic acids is 2. The molecule has 0 fully saturated rings. The molecular formula is C28H43NO5S. The van der Waals surface area contributed by atoms with Crippen molar-refractivity contribution in [1.29, 1.82) is 0 Å². The van der Waals surface area contributed by atoms with Crippen LogP contribution in [0.25, 0.3) is 6.08 Å². The van der Waals surface area contributed by atoms with Crippen LogP contribution < -0.4 is 0 Å². The van der Waals surface area contributed by atoms with Gasteiger partial charge in [0, 0.05) is 23.6 Å². The van der Waals surface area contributed by atoms with Crippen LogP contribution in [0.1, 0.15) is 83.8 Å². The quantitative estimate of drug-likeness (QED) is 0.406. The highest BCUT2D eigenvalue weighted by atomic mass is 32.1. The van der Waals surface area contributed by atoms with Crippen LogP contribution in [0.15, 0.2) is 23.1 Å². The Balaban J connectivity index is 2.22. The Hall–Kier alpha value is -1.83. The Bertz CT molecular complexity index is 892. The highest BCUT2D eigenvalue weighted by Crippen LogP contribution is 2.27. The molecule has 35 heavy (non-hydrogen) atoms. The topological polar surface area (TPSA) is 96.7 Å². The van der Waals surface area contributed by atoms with Gasteiger partial charge < -0.3 is 14.9 Å². The van der Waals surface area contributed by atoms with E-state index < -0.39 is 36.1 Å². The summed E-state index contributed by atoms with van der Waals surface area (Å²) >= 11 is 1.56. The number of ether oxygens (including phenoxy) is 1. The van der Waals surface area contributed by atoms with E-state index in [4.69, 9.17) is 4.74 Å². The monoisotopic (exact) mass is 505 g/mol. The summed E-state index contributed by atoms with van der Waals surface area (Å²) < 4.78 is 5.77. The zero-order valence-corrected chi connectivity index (χ0v) is 22.9. The number of esters is 1. The van der Waals surface area contributed by atoms with Crippen molar-refractivity contribution in [3.05, 3.63) is 33.8 Å². The van der Waals surface area contributed by atoms with Crippen LogP contribution in [0, 0.1) is 30.6 Å². The fourth-order valence-corrected chi connectivity index (χ4v) is 5.30. The fraction of sp³-hybridized carbons (Fsp3) is 0.679. The van der Waals surface area contributed by atoms with E-state index in [-0.39, 0.29) is 18.1 Å². The molecule has 7 heteroatoms. The number of allylic oxidation sites excluding steroid dienone is 1. The third-order valence-electron chi connectivity index (χ3n) is 7.10. The number of aromatic nitrogens is 1. The number of nitrogens with zero attached hydrogens (tertiary/aromatic N) is 1.